The van der Waals surface area contributed by atoms with Crippen molar-refractivity contribution in [1.29, 1.82) is 0 Å². The second-order valence-electron chi connectivity index (χ2n) is 4.43. The highest BCUT2D eigenvalue weighted by Gasteiger charge is 2.59. The molecule has 10 heteroatoms. The second-order valence-corrected chi connectivity index (χ2v) is 4.43. The summed E-state index contributed by atoms with van der Waals surface area (Å²) >= 11 is 0. The minimum Gasteiger partial charge on any atom is -0.468 e. The summed E-state index contributed by atoms with van der Waals surface area (Å²) in [7, 11) is 0. The highest BCUT2D eigenvalue weighted by molar-refractivity contribution is 5.25. The number of halogens is 6. The summed E-state index contributed by atoms with van der Waals surface area (Å²) in [6, 6.07) is 0. The van der Waals surface area contributed by atoms with Crippen LogP contribution in [0.25, 0.3) is 0 Å². The average Bonchev–Trinajstić information content (AvgIpc) is 2.32. The van der Waals surface area contributed by atoms with Crippen LogP contribution in [-0.2, 0) is 6.61 Å². The maximum absolute atomic E-state index is 12.4. The van der Waals surface area contributed by atoms with E-state index in [0.717, 1.165) is 0 Å². The van der Waals surface area contributed by atoms with Crippen LogP contribution in [0.3, 0.4) is 0 Å². The molecule has 0 saturated carbocycles. The smallest absolute Gasteiger partial charge is 0.434 e. The summed E-state index contributed by atoms with van der Waals surface area (Å²) < 4.78 is 78.3. The Balaban J connectivity index is 3.16. The zero-order chi connectivity index (χ0) is 16.4. The number of hydrogen-bond acceptors (Lipinski definition) is 4. The van der Waals surface area contributed by atoms with Gasteiger partial charge in [-0.15, -0.1) is 0 Å². The van der Waals surface area contributed by atoms with Crippen LogP contribution < -0.4 is 4.74 Å². The number of alkyl halides is 6. The van der Waals surface area contributed by atoms with Gasteiger partial charge >= 0.3 is 12.4 Å². The summed E-state index contributed by atoms with van der Waals surface area (Å²) in [5.74, 6) is -0.908. The molecule has 0 aliphatic rings. The van der Waals surface area contributed by atoms with Gasteiger partial charge in [-0.25, -0.2) is 9.97 Å². The van der Waals surface area contributed by atoms with Crippen LogP contribution in [0.1, 0.15) is 31.3 Å². The lowest BCUT2D eigenvalue weighted by molar-refractivity contribution is -0.300. The van der Waals surface area contributed by atoms with Gasteiger partial charge in [0.1, 0.15) is 11.5 Å². The van der Waals surface area contributed by atoms with Crippen molar-refractivity contribution in [3.8, 4) is 5.75 Å². The van der Waals surface area contributed by atoms with E-state index >= 15 is 0 Å². The van der Waals surface area contributed by atoms with Crippen LogP contribution in [0.15, 0.2) is 6.20 Å². The van der Waals surface area contributed by atoms with Crippen molar-refractivity contribution in [3.05, 3.63) is 17.7 Å². The number of aliphatic hydroxyl groups excluding tert-OH is 1. The van der Waals surface area contributed by atoms with Gasteiger partial charge in [-0.1, -0.05) is 13.8 Å². The third kappa shape index (κ3) is 4.45. The molecule has 21 heavy (non-hydrogen) atoms. The van der Waals surface area contributed by atoms with Crippen molar-refractivity contribution in [2.75, 3.05) is 0 Å². The molecule has 0 aliphatic heterocycles. The van der Waals surface area contributed by atoms with E-state index in [0.29, 0.717) is 6.20 Å². The molecule has 4 nitrogen and oxygen atoms in total. The second kappa shape index (κ2) is 6.04. The number of ether oxygens (including phenoxy) is 1. The van der Waals surface area contributed by atoms with Crippen LogP contribution in [0.4, 0.5) is 26.3 Å². The van der Waals surface area contributed by atoms with Gasteiger partial charge in [-0.05, 0) is 0 Å². The van der Waals surface area contributed by atoms with E-state index < -0.39 is 36.5 Å². The van der Waals surface area contributed by atoms with E-state index in [1.165, 1.54) is 0 Å². The number of nitrogens with zero attached hydrogens (tertiary/aromatic N) is 2. The molecule has 0 spiro atoms. The van der Waals surface area contributed by atoms with Crippen LogP contribution in [0.2, 0.25) is 0 Å². The molecule has 0 saturated heterocycles. The molecule has 0 amide bonds. The zero-order valence-corrected chi connectivity index (χ0v) is 11.0. The summed E-state index contributed by atoms with van der Waals surface area (Å²) in [6.07, 6.45) is -14.6. The lowest BCUT2D eigenvalue weighted by Gasteiger charge is -2.24. The summed E-state index contributed by atoms with van der Waals surface area (Å²) in [5, 5.41) is 9.01. The van der Waals surface area contributed by atoms with E-state index in [1.54, 1.807) is 13.8 Å². The Labute approximate surface area is 115 Å². The lowest BCUT2D eigenvalue weighted by atomic mass is 10.2. The first-order valence-electron chi connectivity index (χ1n) is 5.73. The van der Waals surface area contributed by atoms with Crippen LogP contribution in [-0.4, -0.2) is 33.5 Å². The Hall–Kier alpha value is -1.58. The highest BCUT2D eigenvalue weighted by atomic mass is 19.4. The van der Waals surface area contributed by atoms with E-state index in [4.69, 9.17) is 5.11 Å². The molecular formula is C11H12F6N2O2. The minimum absolute atomic E-state index is 0.168. The van der Waals surface area contributed by atoms with Gasteiger partial charge in [0.25, 0.3) is 6.10 Å². The van der Waals surface area contributed by atoms with Gasteiger partial charge in [0.05, 0.1) is 12.8 Å². The molecule has 0 unspecified atom stereocenters. The fraction of sp³-hybridized carbons (Fsp3) is 0.636. The first-order valence-corrected chi connectivity index (χ1v) is 5.73. The molecule has 0 aromatic carbocycles. The zero-order valence-electron chi connectivity index (χ0n) is 11.0. The normalized spacial score (nSPS) is 13.1. The summed E-state index contributed by atoms with van der Waals surface area (Å²) in [6.45, 7) is 2.47. The molecule has 1 aromatic rings. The van der Waals surface area contributed by atoms with Gasteiger partial charge in [-0.3, -0.25) is 0 Å². The third-order valence-corrected chi connectivity index (χ3v) is 2.35. The fourth-order valence-electron chi connectivity index (χ4n) is 1.36. The maximum Gasteiger partial charge on any atom is 0.434 e. The molecular weight excluding hydrogens is 306 g/mol. The topological polar surface area (TPSA) is 55.2 Å². The van der Waals surface area contributed by atoms with E-state index in [9.17, 15) is 26.3 Å². The molecule has 0 bridgehead atoms. The van der Waals surface area contributed by atoms with Crippen molar-refractivity contribution in [2.45, 2.75) is 44.8 Å². The largest absolute Gasteiger partial charge is 0.468 e. The van der Waals surface area contributed by atoms with E-state index in [1.807, 2.05) is 0 Å². The van der Waals surface area contributed by atoms with Gasteiger partial charge in [0.2, 0.25) is 0 Å². The van der Waals surface area contributed by atoms with Crippen molar-refractivity contribution in [1.82, 2.24) is 9.97 Å². The fourth-order valence-corrected chi connectivity index (χ4v) is 1.36. The first-order chi connectivity index (χ1) is 9.46. The van der Waals surface area contributed by atoms with E-state index in [2.05, 4.69) is 14.7 Å². The number of aromatic nitrogens is 2. The van der Waals surface area contributed by atoms with Crippen LogP contribution >= 0.6 is 0 Å². The van der Waals surface area contributed by atoms with Crippen molar-refractivity contribution in [2.24, 2.45) is 0 Å². The monoisotopic (exact) mass is 318 g/mol. The van der Waals surface area contributed by atoms with Crippen molar-refractivity contribution >= 4 is 0 Å². The highest BCUT2D eigenvalue weighted by Crippen LogP contribution is 2.37. The molecule has 0 radical (unpaired) electrons. The van der Waals surface area contributed by atoms with Gasteiger partial charge < -0.3 is 9.84 Å². The molecule has 0 fully saturated rings. The SMILES string of the molecule is CC(C)c1ncc(OC(C(F)(F)F)C(F)(F)F)c(CO)n1. The lowest BCUT2D eigenvalue weighted by Crippen LogP contribution is -2.46. The predicted octanol–water partition coefficient (Wildman–Crippen LogP) is 2.96. The third-order valence-electron chi connectivity index (χ3n) is 2.35. The maximum atomic E-state index is 12.4. The molecule has 1 aromatic heterocycles. The van der Waals surface area contributed by atoms with Crippen LogP contribution in [0.5, 0.6) is 5.75 Å². The van der Waals surface area contributed by atoms with Gasteiger partial charge in [0.15, 0.2) is 5.75 Å². The van der Waals surface area contributed by atoms with Crippen LogP contribution in [0, 0.1) is 0 Å². The molecule has 1 heterocycles. The predicted molar refractivity (Wildman–Crippen MR) is 58.6 cm³/mol. The standard InChI is InChI=1S/C11H12F6N2O2/c1-5(2)8-18-3-7(6(4-20)19-8)21-9(10(12,13)14)11(15,16)17/h3,5,9,20H,4H2,1-2H3. The Morgan fingerprint density at radius 3 is 2.05 bits per heavy atom. The van der Waals surface area contributed by atoms with Gasteiger partial charge in [0, 0.05) is 5.92 Å². The Kier molecular flexibility index (Phi) is 5.03. The Bertz CT molecular complexity index is 473. The molecule has 0 atom stereocenters. The van der Waals surface area contributed by atoms with Crippen molar-refractivity contribution in [3.63, 3.8) is 0 Å². The summed E-state index contributed by atoms with van der Waals surface area (Å²) in [5.41, 5.74) is -0.438. The minimum atomic E-state index is -5.65. The molecule has 1 N–H and O–H groups in total. The van der Waals surface area contributed by atoms with Crippen molar-refractivity contribution < 1.29 is 36.2 Å². The molecule has 120 valence electrons. The van der Waals surface area contributed by atoms with E-state index in [-0.39, 0.29) is 11.7 Å². The number of rotatable bonds is 4. The quantitative estimate of drug-likeness (QED) is 0.867. The number of hydrogen-bond donors (Lipinski definition) is 1. The molecule has 0 aliphatic carbocycles. The number of aliphatic hydroxyl groups is 1. The molecule has 1 rings (SSSR count). The average molecular weight is 318 g/mol. The van der Waals surface area contributed by atoms with Gasteiger partial charge in [-0.2, -0.15) is 26.3 Å². The Morgan fingerprint density at radius 1 is 1.14 bits per heavy atom. The Morgan fingerprint density at radius 2 is 1.67 bits per heavy atom. The first kappa shape index (κ1) is 17.5. The summed E-state index contributed by atoms with van der Waals surface area (Å²) in [4.78, 5) is 7.31.